The van der Waals surface area contributed by atoms with Crippen LogP contribution in [-0.2, 0) is 0 Å². The molecular weight excluding hydrogens is 370 g/mol. The fourth-order valence-electron chi connectivity index (χ4n) is 4.25. The molecule has 1 atom stereocenters. The molecule has 30 heavy (non-hydrogen) atoms. The molecule has 0 fully saturated rings. The monoisotopic (exact) mass is 397 g/mol. The van der Waals surface area contributed by atoms with Gasteiger partial charge in [0.2, 0.25) is 0 Å². The predicted molar refractivity (Wildman–Crippen MR) is 123 cm³/mol. The predicted octanol–water partition coefficient (Wildman–Crippen LogP) is 6.33. The average Bonchev–Trinajstić information content (AvgIpc) is 3.13. The maximum atomic E-state index is 6.31. The molecular formula is C26H27N3O. The first-order valence-corrected chi connectivity index (χ1v) is 10.6. The summed E-state index contributed by atoms with van der Waals surface area (Å²) in [7, 11) is 0. The Labute approximate surface area is 177 Å². The number of benzene rings is 3. The van der Waals surface area contributed by atoms with Gasteiger partial charge in [-0.25, -0.2) is 4.68 Å². The van der Waals surface area contributed by atoms with Crippen LogP contribution >= 0.6 is 0 Å². The van der Waals surface area contributed by atoms with Gasteiger partial charge in [0.05, 0.1) is 18.0 Å². The summed E-state index contributed by atoms with van der Waals surface area (Å²) in [4.78, 5) is 0. The smallest absolute Gasteiger partial charge is 0.151 e. The third-order valence-corrected chi connectivity index (χ3v) is 5.62. The molecule has 4 nitrogen and oxygen atoms in total. The fraction of sp³-hybridized carbons (Fsp3) is 0.269. The van der Waals surface area contributed by atoms with E-state index in [4.69, 9.17) is 9.84 Å². The van der Waals surface area contributed by atoms with Crippen LogP contribution in [-0.4, -0.2) is 16.4 Å². The molecule has 1 aliphatic heterocycles. The number of aryl methyl sites for hydroxylation is 2. The molecule has 0 bridgehead atoms. The lowest BCUT2D eigenvalue weighted by Gasteiger charge is -2.31. The van der Waals surface area contributed by atoms with Gasteiger partial charge in [-0.1, -0.05) is 55.8 Å². The second-order valence-corrected chi connectivity index (χ2v) is 8.61. The third kappa shape index (κ3) is 3.13. The Morgan fingerprint density at radius 2 is 1.87 bits per heavy atom. The molecule has 152 valence electrons. The second kappa shape index (κ2) is 7.21. The summed E-state index contributed by atoms with van der Waals surface area (Å²) in [5.41, 5.74) is 6.83. The summed E-state index contributed by atoms with van der Waals surface area (Å²) < 4.78 is 8.42. The fourth-order valence-corrected chi connectivity index (χ4v) is 4.25. The van der Waals surface area contributed by atoms with Crippen molar-refractivity contribution < 1.29 is 4.74 Å². The number of ether oxygens (including phenoxy) is 1. The highest BCUT2D eigenvalue weighted by Crippen LogP contribution is 2.43. The molecule has 1 aliphatic rings. The van der Waals surface area contributed by atoms with E-state index >= 15 is 0 Å². The number of nitrogens with zero attached hydrogens (tertiary/aromatic N) is 2. The Morgan fingerprint density at radius 1 is 1.03 bits per heavy atom. The Balaban J connectivity index is 1.73. The van der Waals surface area contributed by atoms with Gasteiger partial charge in [-0.3, -0.25) is 0 Å². The van der Waals surface area contributed by atoms with E-state index in [0.717, 1.165) is 28.4 Å². The van der Waals surface area contributed by atoms with Crippen molar-refractivity contribution >= 4 is 16.5 Å². The number of rotatable bonds is 4. The van der Waals surface area contributed by atoms with Crippen molar-refractivity contribution in [2.24, 2.45) is 5.92 Å². The first-order chi connectivity index (χ1) is 14.5. The minimum absolute atomic E-state index is 0.142. The van der Waals surface area contributed by atoms with Gasteiger partial charge in [0.1, 0.15) is 5.75 Å². The highest BCUT2D eigenvalue weighted by Gasteiger charge is 2.30. The zero-order chi connectivity index (χ0) is 20.8. The van der Waals surface area contributed by atoms with Crippen LogP contribution in [0.15, 0.2) is 60.7 Å². The lowest BCUT2D eigenvalue weighted by molar-refractivity contribution is 0.267. The minimum Gasteiger partial charge on any atom is -0.493 e. The Bertz CT molecular complexity index is 1240. The molecule has 0 spiro atoms. The third-order valence-electron chi connectivity index (χ3n) is 5.62. The maximum absolute atomic E-state index is 6.31. The lowest BCUT2D eigenvalue weighted by Crippen LogP contribution is -2.26. The SMILES string of the molecule is Cc1ccc2c(c1)-c1cc(C)nn1C(c1c(OCC(C)C)ccc3ccccc13)N2. The number of nitrogens with one attached hydrogen (secondary N) is 1. The zero-order valence-electron chi connectivity index (χ0n) is 17.9. The van der Waals surface area contributed by atoms with E-state index in [1.807, 2.05) is 0 Å². The van der Waals surface area contributed by atoms with Gasteiger partial charge >= 0.3 is 0 Å². The molecule has 3 aromatic carbocycles. The van der Waals surface area contributed by atoms with Gasteiger partial charge < -0.3 is 10.1 Å². The molecule has 4 aromatic rings. The quantitative estimate of drug-likeness (QED) is 0.437. The van der Waals surface area contributed by atoms with E-state index < -0.39 is 0 Å². The molecule has 0 radical (unpaired) electrons. The van der Waals surface area contributed by atoms with Crippen LogP contribution in [0, 0.1) is 19.8 Å². The number of fused-ring (bicyclic) bond motifs is 4. The van der Waals surface area contributed by atoms with Gasteiger partial charge in [-0.15, -0.1) is 0 Å². The maximum Gasteiger partial charge on any atom is 0.151 e. The molecule has 4 heteroatoms. The van der Waals surface area contributed by atoms with E-state index in [1.165, 1.54) is 21.9 Å². The average molecular weight is 398 g/mol. The van der Waals surface area contributed by atoms with Gasteiger partial charge in [-0.05, 0) is 54.8 Å². The van der Waals surface area contributed by atoms with Crippen LogP contribution in [0.4, 0.5) is 5.69 Å². The van der Waals surface area contributed by atoms with Gasteiger partial charge in [-0.2, -0.15) is 5.10 Å². The van der Waals surface area contributed by atoms with E-state index in [9.17, 15) is 0 Å². The van der Waals surface area contributed by atoms with E-state index in [0.29, 0.717) is 12.5 Å². The Morgan fingerprint density at radius 3 is 2.70 bits per heavy atom. The number of hydrogen-bond donors (Lipinski definition) is 1. The van der Waals surface area contributed by atoms with Crippen molar-refractivity contribution in [2.75, 3.05) is 11.9 Å². The van der Waals surface area contributed by atoms with Gasteiger partial charge in [0, 0.05) is 16.8 Å². The molecule has 0 aliphatic carbocycles. The van der Waals surface area contributed by atoms with Crippen molar-refractivity contribution in [3.05, 3.63) is 77.5 Å². The minimum atomic E-state index is -0.142. The summed E-state index contributed by atoms with van der Waals surface area (Å²) in [6, 6.07) is 21.5. The van der Waals surface area contributed by atoms with Crippen LogP contribution in [0.5, 0.6) is 5.75 Å². The summed E-state index contributed by atoms with van der Waals surface area (Å²) >= 11 is 0. The molecule has 0 amide bonds. The largest absolute Gasteiger partial charge is 0.493 e. The van der Waals surface area contributed by atoms with Crippen LogP contribution in [0.25, 0.3) is 22.0 Å². The lowest BCUT2D eigenvalue weighted by atomic mass is 9.97. The van der Waals surface area contributed by atoms with Crippen molar-refractivity contribution in [3.63, 3.8) is 0 Å². The Hall–Kier alpha value is -3.27. The van der Waals surface area contributed by atoms with E-state index in [1.54, 1.807) is 0 Å². The van der Waals surface area contributed by atoms with Gasteiger partial charge in [0.15, 0.2) is 6.17 Å². The second-order valence-electron chi connectivity index (χ2n) is 8.61. The summed E-state index contributed by atoms with van der Waals surface area (Å²) in [6.07, 6.45) is -0.142. The summed E-state index contributed by atoms with van der Waals surface area (Å²) in [6.45, 7) is 9.21. The molecule has 0 saturated heterocycles. The van der Waals surface area contributed by atoms with Crippen LogP contribution in [0.3, 0.4) is 0 Å². The topological polar surface area (TPSA) is 39.1 Å². The highest BCUT2D eigenvalue weighted by atomic mass is 16.5. The highest BCUT2D eigenvalue weighted by molar-refractivity contribution is 5.90. The molecule has 1 N–H and O–H groups in total. The molecule has 0 saturated carbocycles. The molecule has 1 unspecified atom stereocenters. The molecule has 1 aromatic heterocycles. The van der Waals surface area contributed by atoms with E-state index in [2.05, 4.69) is 98.4 Å². The van der Waals surface area contributed by atoms with Crippen LogP contribution in [0.2, 0.25) is 0 Å². The number of anilines is 1. The molecule has 2 heterocycles. The van der Waals surface area contributed by atoms with Gasteiger partial charge in [0.25, 0.3) is 0 Å². The first kappa shape index (κ1) is 18.7. The molecule has 5 rings (SSSR count). The van der Waals surface area contributed by atoms with E-state index in [-0.39, 0.29) is 6.17 Å². The number of aromatic nitrogens is 2. The number of hydrogen-bond acceptors (Lipinski definition) is 3. The normalized spacial score (nSPS) is 15.0. The first-order valence-electron chi connectivity index (χ1n) is 10.6. The van der Waals surface area contributed by atoms with Crippen molar-refractivity contribution in [1.29, 1.82) is 0 Å². The summed E-state index contributed by atoms with van der Waals surface area (Å²) in [5.74, 6) is 1.37. The Kier molecular flexibility index (Phi) is 4.50. The van der Waals surface area contributed by atoms with Crippen LogP contribution < -0.4 is 10.1 Å². The summed E-state index contributed by atoms with van der Waals surface area (Å²) in [5, 5.41) is 11.0. The van der Waals surface area contributed by atoms with Crippen molar-refractivity contribution in [2.45, 2.75) is 33.9 Å². The zero-order valence-corrected chi connectivity index (χ0v) is 17.9. The van der Waals surface area contributed by atoms with Crippen molar-refractivity contribution in [1.82, 2.24) is 9.78 Å². The van der Waals surface area contributed by atoms with Crippen LogP contribution in [0.1, 0.15) is 36.8 Å². The standard InChI is InChI=1S/C26H27N3O/c1-16(2)15-30-24-12-10-19-7-5-6-8-20(19)25(24)26-27-22-11-9-17(3)13-21(22)23-14-18(4)28-29(23)26/h5-14,16,26-27H,15H2,1-4H3. The van der Waals surface area contributed by atoms with Crippen molar-refractivity contribution in [3.8, 4) is 17.0 Å².